The highest BCUT2D eigenvalue weighted by Crippen LogP contribution is 2.54. The van der Waals surface area contributed by atoms with Crippen molar-refractivity contribution in [3.63, 3.8) is 0 Å². The quantitative estimate of drug-likeness (QED) is 0.579. The third-order valence-corrected chi connectivity index (χ3v) is 7.86. The van der Waals surface area contributed by atoms with Gasteiger partial charge in [-0.15, -0.1) is 13.2 Å². The Balaban J connectivity index is 1.62. The predicted molar refractivity (Wildman–Crippen MR) is 107 cm³/mol. The van der Waals surface area contributed by atoms with E-state index in [1.807, 2.05) is 6.92 Å². The van der Waals surface area contributed by atoms with Crippen LogP contribution < -0.4 is 10.1 Å². The van der Waals surface area contributed by atoms with E-state index in [2.05, 4.69) is 10.1 Å². The molecule has 1 aromatic rings. The van der Waals surface area contributed by atoms with E-state index in [0.717, 1.165) is 25.3 Å². The van der Waals surface area contributed by atoms with Crippen LogP contribution in [0.1, 0.15) is 55.8 Å². The fraction of sp³-hybridized carbons (Fsp3) is 0.667. The average molecular weight is 448 g/mol. The zero-order chi connectivity index (χ0) is 22.0. The van der Waals surface area contributed by atoms with E-state index in [0.29, 0.717) is 31.7 Å². The molecule has 0 radical (unpaired) electrons. The number of carbonyl (C=O) groups is 1. The van der Waals surface area contributed by atoms with Crippen molar-refractivity contribution in [3.05, 3.63) is 29.8 Å². The molecule has 5 nitrogen and oxygen atoms in total. The summed E-state index contributed by atoms with van der Waals surface area (Å²) in [4.78, 5) is 12.6. The van der Waals surface area contributed by atoms with Crippen LogP contribution >= 0.6 is 0 Å². The first-order valence-corrected chi connectivity index (χ1v) is 12.2. The van der Waals surface area contributed by atoms with Crippen molar-refractivity contribution in [3.8, 4) is 5.75 Å². The van der Waals surface area contributed by atoms with E-state index < -0.39 is 27.9 Å². The lowest BCUT2D eigenvalue weighted by Gasteiger charge is -2.48. The third kappa shape index (κ3) is 6.36. The second kappa shape index (κ2) is 8.77. The smallest absolute Gasteiger partial charge is 0.405 e. The van der Waals surface area contributed by atoms with Crippen LogP contribution in [0.25, 0.3) is 0 Å². The molecular weight excluding hydrogens is 419 g/mol. The maximum atomic E-state index is 12.6. The van der Waals surface area contributed by atoms with Gasteiger partial charge in [-0.05, 0) is 55.1 Å². The van der Waals surface area contributed by atoms with Crippen molar-refractivity contribution < 1.29 is 31.1 Å². The molecule has 0 saturated heterocycles. The summed E-state index contributed by atoms with van der Waals surface area (Å²) in [6.07, 6.45) is 0.332. The van der Waals surface area contributed by atoms with E-state index in [9.17, 15) is 26.4 Å². The van der Waals surface area contributed by atoms with E-state index in [1.165, 1.54) is 18.2 Å². The van der Waals surface area contributed by atoms with Crippen LogP contribution in [0.3, 0.4) is 0 Å². The van der Waals surface area contributed by atoms with Crippen LogP contribution in [0.4, 0.5) is 13.2 Å². The molecule has 1 aromatic carbocycles. The summed E-state index contributed by atoms with van der Waals surface area (Å²) in [5.74, 6) is -0.119. The first-order valence-electron chi connectivity index (χ1n) is 10.3. The summed E-state index contributed by atoms with van der Waals surface area (Å²) in [7, 11) is -3.06. The van der Waals surface area contributed by atoms with E-state index in [4.69, 9.17) is 0 Å². The molecule has 0 aromatic heterocycles. The second-order valence-electron chi connectivity index (χ2n) is 8.76. The SMILES string of the molecule is CCCS(=O)(=O)C[C@H]1C[C@](CNC(=O)c2ccccc2OC(F)(F)F)(CC2CC2)C1. The molecule has 0 atom stereocenters. The highest BCUT2D eigenvalue weighted by molar-refractivity contribution is 7.91. The van der Waals surface area contributed by atoms with Crippen molar-refractivity contribution in [2.24, 2.45) is 17.3 Å². The minimum absolute atomic E-state index is 0.0815. The lowest BCUT2D eigenvalue weighted by molar-refractivity contribution is -0.274. The minimum atomic E-state index is -4.88. The van der Waals surface area contributed by atoms with Crippen LogP contribution in [-0.2, 0) is 9.84 Å². The number of ether oxygens (including phenoxy) is 1. The van der Waals surface area contributed by atoms with E-state index >= 15 is 0 Å². The molecule has 2 fully saturated rings. The standard InChI is InChI=1S/C21H28F3NO4S/c1-2-9-30(27,28)13-16-11-20(12-16,10-15-7-8-15)14-25-19(26)17-5-3-4-6-18(17)29-21(22,23)24/h3-6,15-16H,2,7-14H2,1H3,(H,25,26)/t16-,20+. The van der Waals surface area contributed by atoms with Crippen molar-refractivity contribution >= 4 is 15.7 Å². The largest absolute Gasteiger partial charge is 0.573 e. The summed E-state index contributed by atoms with van der Waals surface area (Å²) in [6, 6.07) is 5.26. The number of amides is 1. The Bertz CT molecular complexity index is 859. The first-order chi connectivity index (χ1) is 14.0. The summed E-state index contributed by atoms with van der Waals surface area (Å²) in [5.41, 5.74) is -0.346. The van der Waals surface area contributed by atoms with Gasteiger partial charge in [0.1, 0.15) is 5.75 Å². The molecule has 0 bridgehead atoms. The van der Waals surface area contributed by atoms with E-state index in [1.54, 1.807) is 0 Å². The van der Waals surface area contributed by atoms with Gasteiger partial charge in [0.2, 0.25) is 0 Å². The number of para-hydroxylation sites is 1. The predicted octanol–water partition coefficient (Wildman–Crippen LogP) is 4.34. The van der Waals surface area contributed by atoms with Gasteiger partial charge >= 0.3 is 6.36 Å². The zero-order valence-electron chi connectivity index (χ0n) is 17.0. The highest BCUT2D eigenvalue weighted by atomic mass is 32.2. The molecule has 0 heterocycles. The van der Waals surface area contributed by atoms with Crippen LogP contribution in [0.5, 0.6) is 5.75 Å². The summed E-state index contributed by atoms with van der Waals surface area (Å²) < 4.78 is 66.0. The monoisotopic (exact) mass is 447 g/mol. The van der Waals surface area contributed by atoms with E-state index in [-0.39, 0.29) is 28.4 Å². The normalized spacial score (nSPS) is 24.2. The number of hydrogen-bond acceptors (Lipinski definition) is 4. The molecule has 2 aliphatic carbocycles. The third-order valence-electron chi connectivity index (χ3n) is 5.85. The number of hydrogen-bond donors (Lipinski definition) is 1. The maximum absolute atomic E-state index is 12.6. The number of sulfone groups is 1. The zero-order valence-corrected chi connectivity index (χ0v) is 17.8. The molecule has 1 amide bonds. The maximum Gasteiger partial charge on any atom is 0.573 e. The summed E-state index contributed by atoms with van der Waals surface area (Å²) in [6.45, 7) is 2.17. The molecule has 30 heavy (non-hydrogen) atoms. The average Bonchev–Trinajstić information content (AvgIpc) is 3.40. The van der Waals surface area contributed by atoms with Gasteiger partial charge in [0.25, 0.3) is 5.91 Å². The number of carbonyl (C=O) groups excluding carboxylic acids is 1. The number of halogens is 3. The fourth-order valence-electron chi connectivity index (χ4n) is 4.58. The Labute approximate surface area is 175 Å². The molecule has 1 N–H and O–H groups in total. The van der Waals surface area contributed by atoms with Gasteiger partial charge in [0, 0.05) is 12.3 Å². The van der Waals surface area contributed by atoms with Gasteiger partial charge < -0.3 is 10.1 Å². The summed E-state index contributed by atoms with van der Waals surface area (Å²) >= 11 is 0. The van der Waals surface area contributed by atoms with Crippen LogP contribution in [0, 0.1) is 17.3 Å². The minimum Gasteiger partial charge on any atom is -0.405 e. The Morgan fingerprint density at radius 1 is 1.20 bits per heavy atom. The van der Waals surface area contributed by atoms with Crippen LogP contribution in [0.15, 0.2) is 24.3 Å². The highest BCUT2D eigenvalue weighted by Gasteiger charge is 2.48. The van der Waals surface area contributed by atoms with Gasteiger partial charge in [-0.3, -0.25) is 4.79 Å². The fourth-order valence-corrected chi connectivity index (χ4v) is 6.33. The molecule has 168 valence electrons. The molecular formula is C21H28F3NO4S. The Hall–Kier alpha value is -1.77. The topological polar surface area (TPSA) is 72.5 Å². The van der Waals surface area contributed by atoms with Gasteiger partial charge in [-0.25, -0.2) is 8.42 Å². The Morgan fingerprint density at radius 3 is 2.47 bits per heavy atom. The number of alkyl halides is 3. The number of benzene rings is 1. The molecule has 2 aliphatic rings. The molecule has 0 spiro atoms. The van der Waals surface area contributed by atoms with Gasteiger partial charge in [0.05, 0.1) is 11.3 Å². The van der Waals surface area contributed by atoms with Crippen molar-refractivity contribution in [2.45, 2.75) is 51.8 Å². The lowest BCUT2D eigenvalue weighted by Crippen LogP contribution is -2.48. The molecule has 0 aliphatic heterocycles. The lowest BCUT2D eigenvalue weighted by atomic mass is 9.60. The van der Waals surface area contributed by atoms with Gasteiger partial charge in [-0.2, -0.15) is 0 Å². The Kier molecular flexibility index (Phi) is 6.69. The second-order valence-corrected chi connectivity index (χ2v) is 11.0. The molecule has 2 saturated carbocycles. The van der Waals surface area contributed by atoms with Crippen molar-refractivity contribution in [1.29, 1.82) is 0 Å². The van der Waals surface area contributed by atoms with Crippen LogP contribution in [0.2, 0.25) is 0 Å². The molecule has 9 heteroatoms. The first kappa shape index (κ1) is 22.9. The van der Waals surface area contributed by atoms with Gasteiger partial charge in [-0.1, -0.05) is 31.9 Å². The number of rotatable bonds is 10. The Morgan fingerprint density at radius 2 is 1.87 bits per heavy atom. The van der Waals surface area contributed by atoms with Gasteiger partial charge in [0.15, 0.2) is 9.84 Å². The summed E-state index contributed by atoms with van der Waals surface area (Å²) in [5, 5.41) is 2.77. The molecule has 3 rings (SSSR count). The van der Waals surface area contributed by atoms with Crippen LogP contribution in [-0.4, -0.2) is 38.7 Å². The molecule has 0 unspecified atom stereocenters. The number of nitrogens with one attached hydrogen (secondary N) is 1. The van der Waals surface area contributed by atoms with Crippen molar-refractivity contribution in [1.82, 2.24) is 5.32 Å². The van der Waals surface area contributed by atoms with Crippen molar-refractivity contribution in [2.75, 3.05) is 18.1 Å².